The topological polar surface area (TPSA) is 12.9 Å². The van der Waals surface area contributed by atoms with Crippen molar-refractivity contribution >= 4 is 21.6 Å². The number of aryl methyl sites for hydroxylation is 3. The molecule has 0 bridgehead atoms. The van der Waals surface area contributed by atoms with Crippen LogP contribution in [0, 0.1) is 20.8 Å². The average molecular weight is 253 g/mol. The van der Waals surface area contributed by atoms with E-state index in [0.717, 1.165) is 10.5 Å². The minimum absolute atomic E-state index is 1.12. The Hall–Kier alpha value is -1.67. The van der Waals surface area contributed by atoms with Gasteiger partial charge in [-0.25, -0.2) is 4.98 Å². The summed E-state index contributed by atoms with van der Waals surface area (Å²) in [5.74, 6) is 0. The molecule has 2 heteroatoms. The van der Waals surface area contributed by atoms with E-state index in [1.54, 1.807) is 11.3 Å². The van der Waals surface area contributed by atoms with Crippen LogP contribution < -0.4 is 0 Å². The summed E-state index contributed by atoms with van der Waals surface area (Å²) in [4.78, 5) is 4.80. The Morgan fingerprint density at radius 3 is 2.50 bits per heavy atom. The second-order valence-electron chi connectivity index (χ2n) is 4.76. The summed E-state index contributed by atoms with van der Waals surface area (Å²) in [6.07, 6.45) is 0. The van der Waals surface area contributed by atoms with E-state index in [9.17, 15) is 0 Å². The smallest absolute Gasteiger partial charge is 0.124 e. The van der Waals surface area contributed by atoms with Crippen LogP contribution in [0.1, 0.15) is 16.7 Å². The van der Waals surface area contributed by atoms with Gasteiger partial charge in [0.25, 0.3) is 0 Å². The number of nitrogens with zero attached hydrogens (tertiary/aromatic N) is 1. The first-order chi connectivity index (χ1) is 8.65. The third-order valence-electron chi connectivity index (χ3n) is 3.21. The van der Waals surface area contributed by atoms with Crippen LogP contribution in [0.5, 0.6) is 0 Å². The molecule has 1 heterocycles. The van der Waals surface area contributed by atoms with E-state index in [-0.39, 0.29) is 0 Å². The van der Waals surface area contributed by atoms with Gasteiger partial charge in [0.15, 0.2) is 0 Å². The Morgan fingerprint density at radius 2 is 1.72 bits per heavy atom. The Balaban J connectivity index is 2.26. The van der Waals surface area contributed by atoms with Crippen molar-refractivity contribution in [2.45, 2.75) is 20.8 Å². The fourth-order valence-corrected chi connectivity index (χ4v) is 3.53. The minimum atomic E-state index is 1.12. The van der Waals surface area contributed by atoms with Crippen molar-refractivity contribution in [3.63, 3.8) is 0 Å². The number of fused-ring (bicyclic) bond motifs is 1. The molecule has 1 nitrogen and oxygen atoms in total. The molecule has 3 aromatic rings. The molecule has 1 aromatic heterocycles. The molecule has 0 saturated carbocycles. The molecule has 0 aliphatic rings. The van der Waals surface area contributed by atoms with Crippen LogP contribution in [-0.4, -0.2) is 4.98 Å². The van der Waals surface area contributed by atoms with Crippen LogP contribution in [0.25, 0.3) is 20.8 Å². The van der Waals surface area contributed by atoms with Gasteiger partial charge in [-0.05, 0) is 43.5 Å². The molecular weight excluding hydrogens is 238 g/mol. The van der Waals surface area contributed by atoms with E-state index in [0.29, 0.717) is 0 Å². The average Bonchev–Trinajstić information content (AvgIpc) is 2.73. The standard InChI is InChI=1S/C16H15NS/c1-10-8-12(3)15-14(9-10)18-16(17-15)13-7-5-4-6-11(13)2/h4-9H,1-3H3. The molecule has 2 aromatic carbocycles. The highest BCUT2D eigenvalue weighted by molar-refractivity contribution is 7.21. The van der Waals surface area contributed by atoms with Crippen molar-refractivity contribution in [2.24, 2.45) is 0 Å². The van der Waals surface area contributed by atoms with Crippen molar-refractivity contribution in [1.29, 1.82) is 0 Å². The fraction of sp³-hybridized carbons (Fsp3) is 0.188. The number of aromatic nitrogens is 1. The second kappa shape index (κ2) is 4.21. The fourth-order valence-electron chi connectivity index (χ4n) is 2.30. The Bertz CT molecular complexity index is 725. The predicted octanol–water partition coefficient (Wildman–Crippen LogP) is 4.89. The Kier molecular flexibility index (Phi) is 2.67. The molecule has 3 rings (SSSR count). The molecule has 0 N–H and O–H groups in total. The number of benzene rings is 2. The normalized spacial score (nSPS) is 11.1. The SMILES string of the molecule is Cc1cc(C)c2nc(-c3ccccc3C)sc2c1. The first kappa shape index (κ1) is 11.4. The van der Waals surface area contributed by atoms with Gasteiger partial charge in [0.2, 0.25) is 0 Å². The molecule has 0 aliphatic carbocycles. The van der Waals surface area contributed by atoms with Crippen molar-refractivity contribution < 1.29 is 0 Å². The molecule has 0 spiro atoms. The van der Waals surface area contributed by atoms with Crippen LogP contribution in [0.3, 0.4) is 0 Å². The van der Waals surface area contributed by atoms with Crippen LogP contribution >= 0.6 is 11.3 Å². The third-order valence-corrected chi connectivity index (χ3v) is 4.24. The van der Waals surface area contributed by atoms with Crippen molar-refractivity contribution in [1.82, 2.24) is 4.98 Å². The minimum Gasteiger partial charge on any atom is -0.236 e. The van der Waals surface area contributed by atoms with Crippen LogP contribution in [0.4, 0.5) is 0 Å². The molecule has 0 aliphatic heterocycles. The Morgan fingerprint density at radius 1 is 0.944 bits per heavy atom. The molecule has 18 heavy (non-hydrogen) atoms. The summed E-state index contributed by atoms with van der Waals surface area (Å²) in [6, 6.07) is 12.9. The van der Waals surface area contributed by atoms with Gasteiger partial charge >= 0.3 is 0 Å². The van der Waals surface area contributed by atoms with Gasteiger partial charge in [0.05, 0.1) is 10.2 Å². The third kappa shape index (κ3) is 1.83. The van der Waals surface area contributed by atoms with Gasteiger partial charge in [-0.2, -0.15) is 0 Å². The summed E-state index contributed by atoms with van der Waals surface area (Å²) in [6.45, 7) is 6.41. The van der Waals surface area contributed by atoms with Crippen molar-refractivity contribution in [2.75, 3.05) is 0 Å². The molecule has 0 amide bonds. The number of hydrogen-bond donors (Lipinski definition) is 0. The maximum absolute atomic E-state index is 4.80. The van der Waals surface area contributed by atoms with E-state index in [1.807, 2.05) is 0 Å². The summed E-state index contributed by atoms with van der Waals surface area (Å²) in [5, 5.41) is 1.12. The van der Waals surface area contributed by atoms with Crippen LogP contribution in [0.15, 0.2) is 36.4 Å². The van der Waals surface area contributed by atoms with E-state index < -0.39 is 0 Å². The van der Waals surface area contributed by atoms with E-state index in [4.69, 9.17) is 4.98 Å². The van der Waals surface area contributed by atoms with E-state index in [1.165, 1.54) is 27.0 Å². The highest BCUT2D eigenvalue weighted by atomic mass is 32.1. The lowest BCUT2D eigenvalue weighted by molar-refractivity contribution is 1.37. The molecule has 0 saturated heterocycles. The highest BCUT2D eigenvalue weighted by Crippen LogP contribution is 2.33. The van der Waals surface area contributed by atoms with Gasteiger partial charge in [-0.3, -0.25) is 0 Å². The zero-order chi connectivity index (χ0) is 12.7. The monoisotopic (exact) mass is 253 g/mol. The number of rotatable bonds is 1. The van der Waals surface area contributed by atoms with Gasteiger partial charge in [0.1, 0.15) is 5.01 Å². The lowest BCUT2D eigenvalue weighted by Gasteiger charge is -1.99. The lowest BCUT2D eigenvalue weighted by Crippen LogP contribution is -1.82. The zero-order valence-electron chi connectivity index (χ0n) is 10.8. The highest BCUT2D eigenvalue weighted by Gasteiger charge is 2.10. The van der Waals surface area contributed by atoms with Crippen LogP contribution in [0.2, 0.25) is 0 Å². The van der Waals surface area contributed by atoms with Gasteiger partial charge in [-0.15, -0.1) is 11.3 Å². The molecule has 0 atom stereocenters. The maximum Gasteiger partial charge on any atom is 0.124 e. The van der Waals surface area contributed by atoms with Gasteiger partial charge < -0.3 is 0 Å². The number of thiazole rings is 1. The quantitative estimate of drug-likeness (QED) is 0.601. The Labute approximate surface area is 111 Å². The number of hydrogen-bond acceptors (Lipinski definition) is 2. The van der Waals surface area contributed by atoms with Crippen molar-refractivity contribution in [3.05, 3.63) is 53.1 Å². The molecule has 90 valence electrons. The largest absolute Gasteiger partial charge is 0.236 e. The molecule has 0 fully saturated rings. The molecule has 0 radical (unpaired) electrons. The summed E-state index contributed by atoms with van der Waals surface area (Å²) < 4.78 is 1.28. The first-order valence-corrected chi connectivity index (χ1v) is 6.90. The van der Waals surface area contributed by atoms with Crippen molar-refractivity contribution in [3.8, 4) is 10.6 Å². The van der Waals surface area contributed by atoms with E-state index in [2.05, 4.69) is 57.2 Å². The maximum atomic E-state index is 4.80. The van der Waals surface area contributed by atoms with Gasteiger partial charge in [-0.1, -0.05) is 30.3 Å². The van der Waals surface area contributed by atoms with Crippen LogP contribution in [-0.2, 0) is 0 Å². The van der Waals surface area contributed by atoms with Gasteiger partial charge in [0, 0.05) is 5.56 Å². The zero-order valence-corrected chi connectivity index (χ0v) is 11.6. The second-order valence-corrected chi connectivity index (χ2v) is 5.79. The summed E-state index contributed by atoms with van der Waals surface area (Å²) in [5.41, 5.74) is 6.24. The predicted molar refractivity (Wildman–Crippen MR) is 79.3 cm³/mol. The summed E-state index contributed by atoms with van der Waals surface area (Å²) in [7, 11) is 0. The summed E-state index contributed by atoms with van der Waals surface area (Å²) >= 11 is 1.78. The van der Waals surface area contributed by atoms with E-state index >= 15 is 0 Å². The molecular formula is C16H15NS. The lowest BCUT2D eigenvalue weighted by atomic mass is 10.1. The first-order valence-electron chi connectivity index (χ1n) is 6.09. The molecule has 0 unspecified atom stereocenters.